The molecular formula is C22H19N3O6. The maximum atomic E-state index is 13.1. The molecule has 4 heterocycles. The van der Waals surface area contributed by atoms with Crippen LogP contribution in [0.5, 0.6) is 5.75 Å². The second-order valence-corrected chi connectivity index (χ2v) is 7.82. The van der Waals surface area contributed by atoms with Crippen molar-refractivity contribution in [3.05, 3.63) is 59.0 Å². The lowest BCUT2D eigenvalue weighted by molar-refractivity contribution is -0.127. The van der Waals surface area contributed by atoms with Gasteiger partial charge >= 0.3 is 0 Å². The normalized spacial score (nSPS) is 20.5. The first-order chi connectivity index (χ1) is 14.9. The zero-order chi connectivity index (χ0) is 21.8. The van der Waals surface area contributed by atoms with E-state index >= 15 is 0 Å². The number of nitrogens with zero attached hydrogens (tertiary/aromatic N) is 2. The molecule has 9 nitrogen and oxygen atoms in total. The van der Waals surface area contributed by atoms with Crippen molar-refractivity contribution in [1.29, 1.82) is 0 Å². The third kappa shape index (κ3) is 2.97. The second-order valence-electron chi connectivity index (χ2n) is 7.82. The van der Waals surface area contributed by atoms with Gasteiger partial charge in [-0.3, -0.25) is 24.7 Å². The summed E-state index contributed by atoms with van der Waals surface area (Å²) in [5.41, 5.74) is 1.43. The molecule has 2 aliphatic heterocycles. The van der Waals surface area contributed by atoms with Crippen LogP contribution in [-0.2, 0) is 28.2 Å². The smallest absolute Gasteiger partial charge is 0.254 e. The zero-order valence-corrected chi connectivity index (χ0v) is 16.7. The number of carbonyl (C=O) groups is 3. The lowest BCUT2D eigenvalue weighted by Crippen LogP contribution is -2.46. The number of amides is 3. The molecule has 2 aliphatic rings. The van der Waals surface area contributed by atoms with Crippen molar-refractivity contribution in [2.75, 3.05) is 13.7 Å². The molecule has 5 rings (SSSR count). The molecular weight excluding hydrogens is 402 g/mol. The summed E-state index contributed by atoms with van der Waals surface area (Å²) in [7, 11) is 1.53. The third-order valence-electron chi connectivity index (χ3n) is 5.89. The molecule has 0 unspecified atom stereocenters. The van der Waals surface area contributed by atoms with Gasteiger partial charge in [-0.15, -0.1) is 0 Å². The molecule has 31 heavy (non-hydrogen) atoms. The van der Waals surface area contributed by atoms with Gasteiger partial charge in [-0.1, -0.05) is 6.07 Å². The fourth-order valence-corrected chi connectivity index (χ4v) is 4.25. The van der Waals surface area contributed by atoms with Crippen LogP contribution < -0.4 is 10.1 Å². The van der Waals surface area contributed by atoms with Gasteiger partial charge in [0.05, 0.1) is 20.1 Å². The monoisotopic (exact) mass is 421 g/mol. The highest BCUT2D eigenvalue weighted by atomic mass is 16.5. The SMILES string of the molecule is COc1ccc2c(c1)C(=O)N(C[C@@]1(c3cc4ncc(CO)cc4o3)CC(=O)NC1=O)C2. The molecule has 3 amide bonds. The standard InChI is InChI=1S/C22H19N3O6/c1-30-14-3-2-13-9-25(20(28)15(13)5-14)11-22(7-19(27)24-21(22)29)18-6-16-17(31-18)4-12(10-26)8-23-16/h2-6,8,26H,7,9-11H2,1H3,(H,24,27,29)/t22-/m1/s1. The van der Waals surface area contributed by atoms with Crippen molar-refractivity contribution in [2.24, 2.45) is 0 Å². The molecule has 0 saturated carbocycles. The van der Waals surface area contributed by atoms with E-state index in [1.165, 1.54) is 13.3 Å². The first-order valence-electron chi connectivity index (χ1n) is 9.74. The lowest BCUT2D eigenvalue weighted by Gasteiger charge is -2.28. The third-order valence-corrected chi connectivity index (χ3v) is 5.89. The highest BCUT2D eigenvalue weighted by Gasteiger charge is 2.53. The number of pyridine rings is 1. The number of hydrogen-bond acceptors (Lipinski definition) is 7. The summed E-state index contributed by atoms with van der Waals surface area (Å²) in [6.45, 7) is 0.0920. The van der Waals surface area contributed by atoms with Crippen LogP contribution in [0.1, 0.15) is 33.7 Å². The quantitative estimate of drug-likeness (QED) is 0.595. The van der Waals surface area contributed by atoms with E-state index < -0.39 is 17.2 Å². The van der Waals surface area contributed by atoms with Gasteiger partial charge < -0.3 is 19.2 Å². The van der Waals surface area contributed by atoms with Gasteiger partial charge in [0.25, 0.3) is 5.91 Å². The van der Waals surface area contributed by atoms with Crippen LogP contribution in [0.3, 0.4) is 0 Å². The molecule has 3 aromatic rings. The summed E-state index contributed by atoms with van der Waals surface area (Å²) in [6, 6.07) is 8.52. The predicted molar refractivity (Wildman–Crippen MR) is 107 cm³/mol. The number of nitrogens with one attached hydrogen (secondary N) is 1. The Hall–Kier alpha value is -3.72. The molecule has 158 valence electrons. The Morgan fingerprint density at radius 1 is 1.26 bits per heavy atom. The van der Waals surface area contributed by atoms with Gasteiger partial charge in [0, 0.05) is 30.9 Å². The van der Waals surface area contributed by atoms with E-state index in [0.29, 0.717) is 34.5 Å². The lowest BCUT2D eigenvalue weighted by atomic mass is 9.82. The molecule has 1 aromatic carbocycles. The highest BCUT2D eigenvalue weighted by molar-refractivity contribution is 6.09. The minimum absolute atomic E-state index is 0.0208. The van der Waals surface area contributed by atoms with Gasteiger partial charge in [0.1, 0.15) is 22.4 Å². The summed E-state index contributed by atoms with van der Waals surface area (Å²) < 4.78 is 11.1. The average molecular weight is 421 g/mol. The Labute approximate surface area is 176 Å². The topological polar surface area (TPSA) is 122 Å². The first kappa shape index (κ1) is 19.3. The number of methoxy groups -OCH3 is 1. The fourth-order valence-electron chi connectivity index (χ4n) is 4.25. The summed E-state index contributed by atoms with van der Waals surface area (Å²) in [6.07, 6.45) is 1.38. The number of aliphatic hydroxyl groups excluding tert-OH is 1. The van der Waals surface area contributed by atoms with E-state index in [2.05, 4.69) is 10.3 Å². The van der Waals surface area contributed by atoms with Gasteiger partial charge in [-0.05, 0) is 29.3 Å². The van der Waals surface area contributed by atoms with Crippen molar-refractivity contribution in [1.82, 2.24) is 15.2 Å². The number of ether oxygens (including phenoxy) is 1. The first-order valence-corrected chi connectivity index (χ1v) is 9.74. The molecule has 2 N–H and O–H groups in total. The minimum atomic E-state index is -1.36. The van der Waals surface area contributed by atoms with Crippen LogP contribution >= 0.6 is 0 Å². The number of imide groups is 1. The Kier molecular flexibility index (Phi) is 4.30. The number of rotatable bonds is 5. The molecule has 1 atom stereocenters. The highest BCUT2D eigenvalue weighted by Crippen LogP contribution is 2.39. The van der Waals surface area contributed by atoms with Crippen LogP contribution in [0, 0.1) is 0 Å². The maximum Gasteiger partial charge on any atom is 0.254 e. The Balaban J connectivity index is 1.54. The zero-order valence-electron chi connectivity index (χ0n) is 16.7. The van der Waals surface area contributed by atoms with Gasteiger partial charge in [0.15, 0.2) is 5.58 Å². The largest absolute Gasteiger partial charge is 0.497 e. The molecule has 1 fully saturated rings. The number of fused-ring (bicyclic) bond motifs is 2. The Morgan fingerprint density at radius 3 is 2.81 bits per heavy atom. The number of hydrogen-bond donors (Lipinski definition) is 2. The number of carbonyl (C=O) groups excluding carboxylic acids is 3. The average Bonchev–Trinajstić information content (AvgIpc) is 3.41. The van der Waals surface area contributed by atoms with E-state index in [-0.39, 0.29) is 31.2 Å². The maximum absolute atomic E-state index is 13.1. The van der Waals surface area contributed by atoms with Gasteiger partial charge in [-0.2, -0.15) is 0 Å². The molecule has 0 bridgehead atoms. The van der Waals surface area contributed by atoms with Gasteiger partial charge in [-0.25, -0.2) is 0 Å². The van der Waals surface area contributed by atoms with Crippen molar-refractivity contribution in [3.8, 4) is 5.75 Å². The van der Waals surface area contributed by atoms with Crippen LogP contribution in [0.15, 0.2) is 40.9 Å². The number of aromatic nitrogens is 1. The van der Waals surface area contributed by atoms with Crippen LogP contribution in [-0.4, -0.2) is 46.4 Å². The molecule has 9 heteroatoms. The minimum Gasteiger partial charge on any atom is -0.497 e. The van der Waals surface area contributed by atoms with Crippen molar-refractivity contribution < 1.29 is 28.6 Å². The predicted octanol–water partition coefficient (Wildman–Crippen LogP) is 1.27. The van der Waals surface area contributed by atoms with Gasteiger partial charge in [0.2, 0.25) is 11.8 Å². The molecule has 1 saturated heterocycles. The molecule has 0 spiro atoms. The number of aliphatic hydroxyl groups is 1. The van der Waals surface area contributed by atoms with Crippen LogP contribution in [0.25, 0.3) is 11.1 Å². The summed E-state index contributed by atoms with van der Waals surface area (Å²) in [5, 5.41) is 11.7. The van der Waals surface area contributed by atoms with Crippen LogP contribution in [0.2, 0.25) is 0 Å². The van der Waals surface area contributed by atoms with E-state index in [1.807, 2.05) is 6.07 Å². The molecule has 2 aromatic heterocycles. The molecule has 0 radical (unpaired) electrons. The fraction of sp³-hybridized carbons (Fsp3) is 0.273. The van der Waals surface area contributed by atoms with Crippen LogP contribution in [0.4, 0.5) is 0 Å². The van der Waals surface area contributed by atoms with Crippen molar-refractivity contribution in [2.45, 2.75) is 25.0 Å². The number of benzene rings is 1. The Morgan fingerprint density at radius 2 is 2.10 bits per heavy atom. The molecule has 0 aliphatic carbocycles. The van der Waals surface area contributed by atoms with E-state index in [1.54, 1.807) is 29.2 Å². The van der Waals surface area contributed by atoms with Crippen molar-refractivity contribution in [3.63, 3.8) is 0 Å². The van der Waals surface area contributed by atoms with E-state index in [9.17, 15) is 19.5 Å². The number of furan rings is 1. The summed E-state index contributed by atoms with van der Waals surface area (Å²) >= 11 is 0. The van der Waals surface area contributed by atoms with Crippen molar-refractivity contribution >= 4 is 28.8 Å². The Bertz CT molecular complexity index is 1250. The summed E-state index contributed by atoms with van der Waals surface area (Å²) in [4.78, 5) is 44.0. The van der Waals surface area contributed by atoms with E-state index in [0.717, 1.165) is 5.56 Å². The van der Waals surface area contributed by atoms with E-state index in [4.69, 9.17) is 9.15 Å². The second kappa shape index (κ2) is 6.92. The summed E-state index contributed by atoms with van der Waals surface area (Å²) in [5.74, 6) is -0.354.